The highest BCUT2D eigenvalue weighted by Gasteiger charge is 2.53. The van der Waals surface area contributed by atoms with Crippen LogP contribution >= 0.6 is 7.60 Å². The Balaban J connectivity index is 3.43. The number of hydrogen-bond acceptors (Lipinski definition) is 12. The molecule has 0 spiro atoms. The van der Waals surface area contributed by atoms with Gasteiger partial charge in [-0.1, -0.05) is 0 Å². The summed E-state index contributed by atoms with van der Waals surface area (Å²) in [5.74, 6) is -2.87. The molecule has 0 radical (unpaired) electrons. The first-order chi connectivity index (χ1) is 14.9. The second-order valence-electron chi connectivity index (χ2n) is 6.87. The molecule has 0 unspecified atom stereocenters. The molecule has 32 heavy (non-hydrogen) atoms. The Labute approximate surface area is 186 Å². The molecule has 0 aromatic carbocycles. The maximum absolute atomic E-state index is 13.1. The van der Waals surface area contributed by atoms with Gasteiger partial charge in [-0.3, -0.25) is 23.7 Å². The Morgan fingerprint density at radius 2 is 1.16 bits per heavy atom. The monoisotopic (exact) mass is 482 g/mol. The van der Waals surface area contributed by atoms with Gasteiger partial charge in [0.15, 0.2) is 18.3 Å². The van der Waals surface area contributed by atoms with Gasteiger partial charge in [-0.2, -0.15) is 0 Å². The van der Waals surface area contributed by atoms with E-state index in [4.69, 9.17) is 32.7 Å². The molecule has 1 fully saturated rings. The third kappa shape index (κ3) is 8.85. The van der Waals surface area contributed by atoms with Crippen LogP contribution in [0.4, 0.5) is 0 Å². The molecule has 1 aliphatic heterocycles. The predicted octanol–water partition coefficient (Wildman–Crippen LogP) is 1.38. The van der Waals surface area contributed by atoms with Gasteiger partial charge >= 0.3 is 31.5 Å². The fourth-order valence-corrected chi connectivity index (χ4v) is 5.03. The van der Waals surface area contributed by atoms with Crippen LogP contribution in [0.15, 0.2) is 0 Å². The second-order valence-corrected chi connectivity index (χ2v) is 8.97. The van der Waals surface area contributed by atoms with Crippen molar-refractivity contribution in [3.05, 3.63) is 0 Å². The lowest BCUT2D eigenvalue weighted by Crippen LogP contribution is -2.63. The van der Waals surface area contributed by atoms with Crippen molar-refractivity contribution in [2.75, 3.05) is 26.0 Å². The zero-order valence-electron chi connectivity index (χ0n) is 19.1. The molecular formula is C19H31O12P. The lowest BCUT2D eigenvalue weighted by atomic mass is 9.95. The Hall–Kier alpha value is -2.01. The van der Waals surface area contributed by atoms with Crippen LogP contribution in [-0.4, -0.2) is 80.4 Å². The first-order valence-electron chi connectivity index (χ1n) is 10.1. The number of hydrogen-bond donors (Lipinski definition) is 0. The van der Waals surface area contributed by atoms with E-state index in [1.54, 1.807) is 13.8 Å². The lowest BCUT2D eigenvalue weighted by Gasteiger charge is -2.44. The molecule has 1 saturated heterocycles. The Bertz CT molecular complexity index is 713. The van der Waals surface area contributed by atoms with Crippen molar-refractivity contribution in [1.29, 1.82) is 0 Å². The number of carbonyl (C=O) groups is 4. The third-order valence-corrected chi connectivity index (χ3v) is 6.25. The highest BCUT2D eigenvalue weighted by Crippen LogP contribution is 2.50. The van der Waals surface area contributed by atoms with Gasteiger partial charge in [-0.25, -0.2) is 0 Å². The quantitative estimate of drug-likeness (QED) is 0.238. The summed E-state index contributed by atoms with van der Waals surface area (Å²) in [7, 11) is -3.71. The van der Waals surface area contributed by atoms with Gasteiger partial charge in [0.05, 0.1) is 19.4 Å². The Morgan fingerprint density at radius 3 is 1.56 bits per heavy atom. The summed E-state index contributed by atoms with van der Waals surface area (Å²) in [6.07, 6.45) is -6.59. The zero-order chi connectivity index (χ0) is 24.5. The summed E-state index contributed by atoms with van der Waals surface area (Å²) >= 11 is 0. The minimum absolute atomic E-state index is 0.0720. The minimum atomic E-state index is -3.71. The van der Waals surface area contributed by atoms with Crippen LogP contribution in [0.2, 0.25) is 0 Å². The Kier molecular flexibility index (Phi) is 11.3. The van der Waals surface area contributed by atoms with E-state index >= 15 is 0 Å². The van der Waals surface area contributed by atoms with E-state index < -0.39 is 62.0 Å². The van der Waals surface area contributed by atoms with Gasteiger partial charge in [0.2, 0.25) is 0 Å². The van der Waals surface area contributed by atoms with Crippen LogP contribution in [0.5, 0.6) is 0 Å². The summed E-state index contributed by atoms with van der Waals surface area (Å²) < 4.78 is 50.6. The van der Waals surface area contributed by atoms with Gasteiger partial charge in [0.25, 0.3) is 0 Å². The van der Waals surface area contributed by atoms with Crippen LogP contribution in [0, 0.1) is 0 Å². The first kappa shape index (κ1) is 28.0. The molecule has 1 rings (SSSR count). The van der Waals surface area contributed by atoms with Gasteiger partial charge in [-0.15, -0.1) is 0 Å². The number of rotatable bonds is 11. The molecule has 5 atom stereocenters. The molecule has 0 aromatic rings. The molecule has 1 heterocycles. The molecule has 0 aromatic heterocycles. The van der Waals surface area contributed by atoms with Crippen LogP contribution in [0.3, 0.4) is 0 Å². The molecule has 13 heteroatoms. The highest BCUT2D eigenvalue weighted by molar-refractivity contribution is 7.53. The lowest BCUT2D eigenvalue weighted by molar-refractivity contribution is -0.249. The van der Waals surface area contributed by atoms with Crippen LogP contribution in [-0.2, 0) is 56.5 Å². The van der Waals surface area contributed by atoms with Crippen LogP contribution in [0.25, 0.3) is 0 Å². The van der Waals surface area contributed by atoms with Crippen molar-refractivity contribution in [3.8, 4) is 0 Å². The summed E-state index contributed by atoms with van der Waals surface area (Å²) in [6.45, 7) is 7.55. The van der Waals surface area contributed by atoms with Gasteiger partial charge in [0.1, 0.15) is 18.8 Å². The summed E-state index contributed by atoms with van der Waals surface area (Å²) in [5.41, 5.74) is 0. The van der Waals surface area contributed by atoms with Crippen molar-refractivity contribution >= 4 is 31.5 Å². The normalized spacial score (nSPS) is 25.5. The van der Waals surface area contributed by atoms with Crippen LogP contribution < -0.4 is 0 Å². The van der Waals surface area contributed by atoms with E-state index in [0.29, 0.717) is 0 Å². The van der Waals surface area contributed by atoms with E-state index in [9.17, 15) is 23.7 Å². The molecule has 12 nitrogen and oxygen atoms in total. The number of esters is 4. The molecule has 0 saturated carbocycles. The van der Waals surface area contributed by atoms with Gasteiger partial charge < -0.3 is 32.7 Å². The number of carbonyl (C=O) groups excluding carboxylic acids is 4. The van der Waals surface area contributed by atoms with E-state index in [-0.39, 0.29) is 26.0 Å². The summed E-state index contributed by atoms with van der Waals surface area (Å²) in [4.78, 5) is 46.7. The maximum atomic E-state index is 13.1. The molecule has 184 valence electrons. The average molecular weight is 482 g/mol. The molecule has 0 N–H and O–H groups in total. The highest BCUT2D eigenvalue weighted by atomic mass is 31.2. The topological polar surface area (TPSA) is 150 Å². The van der Waals surface area contributed by atoms with E-state index in [0.717, 1.165) is 20.8 Å². The second kappa shape index (κ2) is 12.9. The average Bonchev–Trinajstić information content (AvgIpc) is 2.64. The molecule has 1 aliphatic rings. The third-order valence-electron chi connectivity index (χ3n) is 4.14. The van der Waals surface area contributed by atoms with Crippen molar-refractivity contribution in [2.45, 2.75) is 72.1 Å². The molecule has 0 aliphatic carbocycles. The smallest absolute Gasteiger partial charge is 0.333 e. The Morgan fingerprint density at radius 1 is 0.719 bits per heavy atom. The van der Waals surface area contributed by atoms with Crippen LogP contribution in [0.1, 0.15) is 41.5 Å². The maximum Gasteiger partial charge on any atom is 0.333 e. The standard InChI is InChI=1S/C19H31O12P/c1-7-26-32(24,27-8-2)10-16-18(29-13(5)22)19(30-14(6)23)17(28-12(4)21)15(31-16)9-25-11(3)20/h15-19H,7-10H2,1-6H3/t15-,16+,17-,18+,19+/m1/s1. The summed E-state index contributed by atoms with van der Waals surface area (Å²) in [6, 6.07) is 0. The van der Waals surface area contributed by atoms with E-state index in [1.165, 1.54) is 6.92 Å². The molecule has 0 amide bonds. The largest absolute Gasteiger partial charge is 0.463 e. The number of ether oxygens (including phenoxy) is 5. The predicted molar refractivity (Wildman–Crippen MR) is 108 cm³/mol. The molecule has 0 bridgehead atoms. The van der Waals surface area contributed by atoms with Gasteiger partial charge in [0, 0.05) is 27.7 Å². The summed E-state index contributed by atoms with van der Waals surface area (Å²) in [5, 5.41) is 0. The molecular weight excluding hydrogens is 451 g/mol. The minimum Gasteiger partial charge on any atom is -0.463 e. The van der Waals surface area contributed by atoms with Crippen molar-refractivity contribution in [3.63, 3.8) is 0 Å². The fourth-order valence-electron chi connectivity index (χ4n) is 3.22. The van der Waals surface area contributed by atoms with Crippen molar-refractivity contribution < 1.29 is 56.5 Å². The SMILES string of the molecule is CCOP(=O)(C[C@@H]1O[C@H](COC(C)=O)[C@@H](OC(C)=O)[C@H](OC(C)=O)[C@H]1OC(C)=O)OCC. The zero-order valence-corrected chi connectivity index (χ0v) is 20.0. The fraction of sp³-hybridized carbons (Fsp3) is 0.789. The first-order valence-corrected chi connectivity index (χ1v) is 11.8. The van der Waals surface area contributed by atoms with Gasteiger partial charge in [-0.05, 0) is 13.8 Å². The van der Waals surface area contributed by atoms with Crippen molar-refractivity contribution in [1.82, 2.24) is 0 Å². The van der Waals surface area contributed by atoms with E-state index in [2.05, 4.69) is 0 Å². The van der Waals surface area contributed by atoms with E-state index in [1.807, 2.05) is 0 Å². The van der Waals surface area contributed by atoms with Crippen molar-refractivity contribution in [2.24, 2.45) is 0 Å².